The second-order valence-electron chi connectivity index (χ2n) is 13.9. The summed E-state index contributed by atoms with van der Waals surface area (Å²) in [6, 6.07) is 9.07. The van der Waals surface area contributed by atoms with Crippen molar-refractivity contribution in [2.24, 2.45) is 22.7 Å². The van der Waals surface area contributed by atoms with E-state index in [4.69, 9.17) is 23.7 Å². The number of allylic oxidation sites excluding steroid dienone is 1. The largest absolute Gasteiger partial charge is 0.462 e. The molecule has 4 rings (SSSR count). The van der Waals surface area contributed by atoms with E-state index in [1.165, 1.54) is 33.8 Å². The zero-order valence-electron chi connectivity index (χ0n) is 29.2. The molecule has 0 saturated heterocycles. The summed E-state index contributed by atoms with van der Waals surface area (Å²) >= 11 is 0. The highest BCUT2D eigenvalue weighted by atomic mass is 16.6. The van der Waals surface area contributed by atoms with Gasteiger partial charge in [0.05, 0.1) is 5.41 Å². The first-order valence-electron chi connectivity index (χ1n) is 16.2. The maximum Gasteiger partial charge on any atom is 0.331 e. The Bertz CT molecular complexity index is 1570. The van der Waals surface area contributed by atoms with Gasteiger partial charge in [0.25, 0.3) is 0 Å². The standard InChI is InChI=1S/C37H46O12/c1-19-27(49-30(42)16-15-25-13-11-10-12-14-25)18-29(46-22(4)39)36(9)31(19)32(47-23(5)40)26-17-28(45-21(3)38)20(2)37(44,35(26,7)8)33(43)34(36)48-24(6)41/h10-16,26-27,29,31-34,43-44H,1,17-18H2,2-9H3/b16-15+/t26-,27-,29-,31-,32+,33-,34-,36+,37-/m0/s1. The van der Waals surface area contributed by atoms with Crippen molar-refractivity contribution >= 4 is 35.9 Å². The Morgan fingerprint density at radius 1 is 0.878 bits per heavy atom. The number of fused-ring (bicyclic) bond motifs is 3. The van der Waals surface area contributed by atoms with Crippen molar-refractivity contribution in [3.8, 4) is 0 Å². The van der Waals surface area contributed by atoms with Crippen LogP contribution >= 0.6 is 0 Å². The van der Waals surface area contributed by atoms with Crippen LogP contribution in [0.1, 0.15) is 73.8 Å². The van der Waals surface area contributed by atoms with Gasteiger partial charge in [-0.3, -0.25) is 19.2 Å². The molecule has 9 atom stereocenters. The van der Waals surface area contributed by atoms with E-state index in [0.29, 0.717) is 0 Å². The van der Waals surface area contributed by atoms with Crippen molar-refractivity contribution < 1.29 is 57.9 Å². The van der Waals surface area contributed by atoms with E-state index in [9.17, 15) is 34.2 Å². The first-order chi connectivity index (χ1) is 22.8. The fraction of sp³-hybridized carbons (Fsp3) is 0.541. The van der Waals surface area contributed by atoms with Gasteiger partial charge in [0.2, 0.25) is 0 Å². The number of carbonyl (C=O) groups is 5. The molecule has 12 heteroatoms. The zero-order chi connectivity index (χ0) is 36.6. The normalized spacial score (nSPS) is 33.8. The zero-order valence-corrected chi connectivity index (χ0v) is 29.2. The first kappa shape index (κ1) is 37.5. The second-order valence-corrected chi connectivity index (χ2v) is 13.9. The molecule has 0 aliphatic heterocycles. The lowest BCUT2D eigenvalue weighted by atomic mass is 9.45. The molecule has 266 valence electrons. The Morgan fingerprint density at radius 3 is 2.02 bits per heavy atom. The van der Waals surface area contributed by atoms with Gasteiger partial charge < -0.3 is 33.9 Å². The van der Waals surface area contributed by atoms with Crippen LogP contribution in [-0.2, 0) is 47.7 Å². The first-order valence-corrected chi connectivity index (χ1v) is 16.2. The highest BCUT2D eigenvalue weighted by molar-refractivity contribution is 5.87. The van der Waals surface area contributed by atoms with E-state index in [2.05, 4.69) is 6.58 Å². The Labute approximate surface area is 286 Å². The van der Waals surface area contributed by atoms with Crippen molar-refractivity contribution in [1.29, 1.82) is 0 Å². The number of rotatable bonds is 7. The summed E-state index contributed by atoms with van der Waals surface area (Å²) in [6.45, 7) is 15.5. The molecule has 3 aliphatic carbocycles. The number of hydrogen-bond donors (Lipinski definition) is 2. The summed E-state index contributed by atoms with van der Waals surface area (Å²) in [4.78, 5) is 63.8. The monoisotopic (exact) mass is 682 g/mol. The van der Waals surface area contributed by atoms with E-state index in [1.807, 2.05) is 18.2 Å². The molecule has 0 spiro atoms. The van der Waals surface area contributed by atoms with E-state index < -0.39 is 88.6 Å². The summed E-state index contributed by atoms with van der Waals surface area (Å²) in [7, 11) is 0. The number of benzene rings is 1. The van der Waals surface area contributed by atoms with E-state index >= 15 is 0 Å². The SMILES string of the molecule is C=C1[C@@H](OC(=O)/C=C/c2ccccc2)C[C@H](OC(C)=O)[C@@]2(C)[C@@H](OC(C)=O)[C@H](O)[C@@]3(O)C(C)=C(OC(C)=O)C[C@@H]([C@@H](OC(C)=O)[C@H]12)C3(C)C. The Hall–Kier alpha value is -4.29. The Kier molecular flexibility index (Phi) is 10.7. The van der Waals surface area contributed by atoms with E-state index in [1.54, 1.807) is 39.0 Å². The number of aliphatic hydroxyl groups excluding tert-OH is 1. The smallest absolute Gasteiger partial charge is 0.331 e. The fourth-order valence-electron chi connectivity index (χ4n) is 8.24. The van der Waals surface area contributed by atoms with Crippen LogP contribution in [0.2, 0.25) is 0 Å². The highest BCUT2D eigenvalue weighted by Gasteiger charge is 2.72. The minimum atomic E-state index is -2.24. The van der Waals surface area contributed by atoms with Crippen LogP contribution in [-0.4, -0.2) is 76.2 Å². The van der Waals surface area contributed by atoms with Crippen molar-refractivity contribution in [3.63, 3.8) is 0 Å². The van der Waals surface area contributed by atoms with Crippen LogP contribution in [0.5, 0.6) is 0 Å². The van der Waals surface area contributed by atoms with Gasteiger partial charge in [-0.25, -0.2) is 4.79 Å². The van der Waals surface area contributed by atoms with Gasteiger partial charge in [0.15, 0.2) is 0 Å². The quantitative estimate of drug-likeness (QED) is 0.184. The minimum Gasteiger partial charge on any atom is -0.462 e. The van der Waals surface area contributed by atoms with Gasteiger partial charge >= 0.3 is 29.8 Å². The molecule has 12 nitrogen and oxygen atoms in total. The number of hydrogen-bond acceptors (Lipinski definition) is 12. The summed E-state index contributed by atoms with van der Waals surface area (Å²) in [5, 5.41) is 25.1. The van der Waals surface area contributed by atoms with Gasteiger partial charge in [0.1, 0.15) is 41.9 Å². The van der Waals surface area contributed by atoms with Gasteiger partial charge in [-0.1, -0.05) is 57.7 Å². The summed E-state index contributed by atoms with van der Waals surface area (Å²) in [5.41, 5.74) is -4.10. The van der Waals surface area contributed by atoms with Crippen molar-refractivity contribution in [3.05, 3.63) is 65.5 Å². The van der Waals surface area contributed by atoms with Crippen LogP contribution in [0, 0.1) is 22.7 Å². The summed E-state index contributed by atoms with van der Waals surface area (Å²) in [6.07, 6.45) is -4.43. The molecule has 0 radical (unpaired) electrons. The molecule has 2 fully saturated rings. The average molecular weight is 683 g/mol. The molecule has 49 heavy (non-hydrogen) atoms. The molecule has 2 bridgehead atoms. The average Bonchev–Trinajstić information content (AvgIpc) is 3.00. The molecule has 0 unspecified atom stereocenters. The third-order valence-electron chi connectivity index (χ3n) is 10.6. The number of aliphatic hydroxyl groups is 2. The molecule has 0 aromatic heterocycles. The van der Waals surface area contributed by atoms with Crippen molar-refractivity contribution in [2.45, 2.75) is 104 Å². The predicted octanol–water partition coefficient (Wildman–Crippen LogP) is 3.98. The molecular weight excluding hydrogens is 636 g/mol. The van der Waals surface area contributed by atoms with Crippen LogP contribution in [0.3, 0.4) is 0 Å². The minimum absolute atomic E-state index is 0.0218. The van der Waals surface area contributed by atoms with E-state index in [0.717, 1.165) is 12.5 Å². The van der Waals surface area contributed by atoms with Gasteiger partial charge in [0, 0.05) is 63.9 Å². The maximum absolute atomic E-state index is 13.2. The number of carbonyl (C=O) groups excluding carboxylic acids is 5. The van der Waals surface area contributed by atoms with Crippen molar-refractivity contribution in [1.82, 2.24) is 0 Å². The molecule has 0 amide bonds. The highest BCUT2D eigenvalue weighted by Crippen LogP contribution is 2.63. The van der Waals surface area contributed by atoms with Gasteiger partial charge in [-0.2, -0.15) is 0 Å². The lowest BCUT2D eigenvalue weighted by molar-refractivity contribution is -0.274. The molecule has 1 aromatic rings. The van der Waals surface area contributed by atoms with Crippen LogP contribution in [0.15, 0.2) is 59.9 Å². The fourth-order valence-corrected chi connectivity index (χ4v) is 8.24. The van der Waals surface area contributed by atoms with Crippen LogP contribution in [0.25, 0.3) is 6.08 Å². The molecular formula is C37H46O12. The van der Waals surface area contributed by atoms with E-state index in [-0.39, 0.29) is 29.7 Å². The number of esters is 5. The third-order valence-corrected chi connectivity index (χ3v) is 10.6. The Balaban J connectivity index is 1.98. The topological polar surface area (TPSA) is 172 Å². The molecule has 0 heterocycles. The van der Waals surface area contributed by atoms with Crippen molar-refractivity contribution in [2.75, 3.05) is 0 Å². The molecule has 3 aliphatic rings. The lowest BCUT2D eigenvalue weighted by Gasteiger charge is -2.64. The maximum atomic E-state index is 13.2. The van der Waals surface area contributed by atoms with Gasteiger partial charge in [-0.05, 0) is 29.7 Å². The molecule has 2 N–H and O–H groups in total. The lowest BCUT2D eigenvalue weighted by Crippen LogP contribution is -2.74. The van der Waals surface area contributed by atoms with Crippen LogP contribution < -0.4 is 0 Å². The van der Waals surface area contributed by atoms with Gasteiger partial charge in [-0.15, -0.1) is 0 Å². The molecule has 1 aromatic carbocycles. The summed E-state index contributed by atoms with van der Waals surface area (Å²) < 4.78 is 29.3. The summed E-state index contributed by atoms with van der Waals surface area (Å²) in [5.74, 6) is -5.60. The Morgan fingerprint density at radius 2 is 1.47 bits per heavy atom. The second kappa shape index (κ2) is 13.9. The molecule has 2 saturated carbocycles. The third kappa shape index (κ3) is 6.81. The predicted molar refractivity (Wildman–Crippen MR) is 175 cm³/mol. The number of ether oxygens (including phenoxy) is 5. The van der Waals surface area contributed by atoms with Crippen LogP contribution in [0.4, 0.5) is 0 Å².